The number of esters is 1. The number of hydrogen-bond acceptors (Lipinski definition) is 5. The van der Waals surface area contributed by atoms with Gasteiger partial charge in [-0.25, -0.2) is 14.6 Å². The molecule has 6 nitrogen and oxygen atoms in total. The Bertz CT molecular complexity index is 597. The molecule has 0 N–H and O–H groups in total. The summed E-state index contributed by atoms with van der Waals surface area (Å²) in [6, 6.07) is 3.52. The Hall–Kier alpha value is -1.95. The largest absolute Gasteiger partial charge is 0.469 e. The summed E-state index contributed by atoms with van der Waals surface area (Å²) in [5, 5.41) is 4.66. The number of methoxy groups -OCH3 is 1. The van der Waals surface area contributed by atoms with Gasteiger partial charge in [0.2, 0.25) is 0 Å². The quantitative estimate of drug-likeness (QED) is 0.629. The molecule has 0 atom stereocenters. The fourth-order valence-corrected chi connectivity index (χ4v) is 1.83. The maximum atomic E-state index is 11.1. The van der Waals surface area contributed by atoms with Crippen LogP contribution in [-0.4, -0.2) is 32.8 Å². The van der Waals surface area contributed by atoms with Crippen molar-refractivity contribution in [2.24, 2.45) is 7.05 Å². The number of ether oxygens (including phenoxy) is 1. The van der Waals surface area contributed by atoms with Gasteiger partial charge in [-0.15, -0.1) is 0 Å². The highest BCUT2D eigenvalue weighted by molar-refractivity contribution is 6.29. The van der Waals surface area contributed by atoms with Crippen molar-refractivity contribution in [1.29, 1.82) is 0 Å². The van der Waals surface area contributed by atoms with Gasteiger partial charge < -0.3 is 4.74 Å². The van der Waals surface area contributed by atoms with Gasteiger partial charge >= 0.3 is 5.97 Å². The molecule has 0 saturated carbocycles. The first kappa shape index (κ1) is 13.5. The van der Waals surface area contributed by atoms with E-state index in [1.807, 2.05) is 0 Å². The van der Waals surface area contributed by atoms with E-state index in [-0.39, 0.29) is 12.4 Å². The zero-order valence-corrected chi connectivity index (χ0v) is 11.4. The summed E-state index contributed by atoms with van der Waals surface area (Å²) < 4.78 is 6.23. The minimum absolute atomic E-state index is 0.261. The van der Waals surface area contributed by atoms with Crippen LogP contribution in [0.1, 0.15) is 12.2 Å². The molecule has 0 bridgehead atoms. The van der Waals surface area contributed by atoms with E-state index in [0.29, 0.717) is 23.2 Å². The second kappa shape index (κ2) is 5.79. The summed E-state index contributed by atoms with van der Waals surface area (Å²) in [7, 11) is 3.15. The second-order valence-corrected chi connectivity index (χ2v) is 4.31. The van der Waals surface area contributed by atoms with Crippen LogP contribution in [0.5, 0.6) is 0 Å². The van der Waals surface area contributed by atoms with Crippen LogP contribution in [0.25, 0.3) is 11.4 Å². The van der Waals surface area contributed by atoms with Crippen LogP contribution in [0, 0.1) is 0 Å². The van der Waals surface area contributed by atoms with Gasteiger partial charge in [0, 0.05) is 25.2 Å². The Balaban J connectivity index is 2.19. The highest BCUT2D eigenvalue weighted by Crippen LogP contribution is 2.19. The van der Waals surface area contributed by atoms with Gasteiger partial charge in [-0.3, -0.25) is 4.79 Å². The lowest BCUT2D eigenvalue weighted by Crippen LogP contribution is -2.03. The van der Waals surface area contributed by atoms with E-state index in [9.17, 15) is 4.79 Å². The molecule has 2 aromatic rings. The van der Waals surface area contributed by atoms with Gasteiger partial charge in [-0.1, -0.05) is 11.6 Å². The van der Waals surface area contributed by atoms with Crippen molar-refractivity contribution in [1.82, 2.24) is 19.7 Å². The van der Waals surface area contributed by atoms with Gasteiger partial charge in [0.25, 0.3) is 0 Å². The maximum absolute atomic E-state index is 11.1. The van der Waals surface area contributed by atoms with E-state index < -0.39 is 0 Å². The van der Waals surface area contributed by atoms with Crippen molar-refractivity contribution in [3.63, 3.8) is 0 Å². The van der Waals surface area contributed by atoms with Crippen LogP contribution in [0.2, 0.25) is 5.15 Å². The van der Waals surface area contributed by atoms with Crippen molar-refractivity contribution in [3.05, 3.63) is 29.3 Å². The lowest BCUT2D eigenvalue weighted by molar-refractivity contribution is -0.140. The van der Waals surface area contributed by atoms with E-state index in [4.69, 9.17) is 11.6 Å². The molecule has 0 aliphatic rings. The number of carbonyl (C=O) groups is 1. The van der Waals surface area contributed by atoms with E-state index in [2.05, 4.69) is 19.8 Å². The first-order valence-electron chi connectivity index (χ1n) is 5.69. The molecule has 7 heteroatoms. The zero-order chi connectivity index (χ0) is 13.8. The van der Waals surface area contributed by atoms with Crippen molar-refractivity contribution in [2.45, 2.75) is 12.8 Å². The fraction of sp³-hybridized carbons (Fsp3) is 0.333. The predicted molar refractivity (Wildman–Crippen MR) is 69.6 cm³/mol. The number of rotatable bonds is 4. The topological polar surface area (TPSA) is 69.9 Å². The normalized spacial score (nSPS) is 10.5. The Morgan fingerprint density at radius 2 is 2.32 bits per heavy atom. The molecule has 0 aliphatic heterocycles. The molecule has 0 amide bonds. The molecule has 0 aromatic carbocycles. The number of hydrogen-bond donors (Lipinski definition) is 0. The summed E-state index contributed by atoms with van der Waals surface area (Å²) in [6.07, 6.45) is 2.32. The third kappa shape index (κ3) is 3.29. The molecule has 0 unspecified atom stereocenters. The summed E-state index contributed by atoms with van der Waals surface area (Å²) in [5.74, 6) is 1.00. The third-order valence-electron chi connectivity index (χ3n) is 2.57. The van der Waals surface area contributed by atoms with E-state index in [1.54, 1.807) is 30.1 Å². The summed E-state index contributed by atoms with van der Waals surface area (Å²) >= 11 is 5.85. The Kier molecular flexibility index (Phi) is 4.11. The van der Waals surface area contributed by atoms with E-state index in [1.165, 1.54) is 7.11 Å². The molecule has 2 aromatic heterocycles. The van der Waals surface area contributed by atoms with Crippen LogP contribution in [-0.2, 0) is 23.0 Å². The molecule has 2 rings (SSSR count). The van der Waals surface area contributed by atoms with Crippen LogP contribution in [0.3, 0.4) is 0 Å². The van der Waals surface area contributed by atoms with Gasteiger partial charge in [0.15, 0.2) is 11.6 Å². The van der Waals surface area contributed by atoms with Gasteiger partial charge in [-0.05, 0) is 12.1 Å². The molecule has 100 valence electrons. The van der Waals surface area contributed by atoms with Gasteiger partial charge in [0.05, 0.1) is 13.5 Å². The first-order valence-corrected chi connectivity index (χ1v) is 6.06. The zero-order valence-electron chi connectivity index (χ0n) is 10.6. The summed E-state index contributed by atoms with van der Waals surface area (Å²) in [6.45, 7) is 0. The number of pyridine rings is 1. The number of aromatic nitrogens is 4. The molecule has 0 aliphatic carbocycles. The highest BCUT2D eigenvalue weighted by Gasteiger charge is 2.11. The van der Waals surface area contributed by atoms with Crippen molar-refractivity contribution in [2.75, 3.05) is 7.11 Å². The Morgan fingerprint density at radius 1 is 1.53 bits per heavy atom. The van der Waals surface area contributed by atoms with Crippen molar-refractivity contribution in [3.8, 4) is 11.4 Å². The van der Waals surface area contributed by atoms with Crippen LogP contribution in [0.15, 0.2) is 18.3 Å². The highest BCUT2D eigenvalue weighted by atomic mass is 35.5. The monoisotopic (exact) mass is 280 g/mol. The van der Waals surface area contributed by atoms with Crippen molar-refractivity contribution < 1.29 is 9.53 Å². The number of carbonyl (C=O) groups excluding carboxylic acids is 1. The molecule has 2 heterocycles. The number of nitrogens with zero attached hydrogens (tertiary/aromatic N) is 4. The molecular weight excluding hydrogens is 268 g/mol. The maximum Gasteiger partial charge on any atom is 0.305 e. The van der Waals surface area contributed by atoms with Crippen LogP contribution >= 0.6 is 11.6 Å². The minimum Gasteiger partial charge on any atom is -0.469 e. The average molecular weight is 281 g/mol. The van der Waals surface area contributed by atoms with Crippen LogP contribution in [0.4, 0.5) is 0 Å². The van der Waals surface area contributed by atoms with Gasteiger partial charge in [0.1, 0.15) is 5.15 Å². The molecule has 0 saturated heterocycles. The van der Waals surface area contributed by atoms with Gasteiger partial charge in [-0.2, -0.15) is 5.10 Å². The third-order valence-corrected chi connectivity index (χ3v) is 2.78. The SMILES string of the molecule is COC(=O)CCc1nc(-c2ccnc(Cl)c2)n(C)n1. The molecule has 0 radical (unpaired) electrons. The summed E-state index contributed by atoms with van der Waals surface area (Å²) in [5.41, 5.74) is 0.833. The van der Waals surface area contributed by atoms with E-state index >= 15 is 0 Å². The predicted octanol–water partition coefficient (Wildman–Crippen LogP) is 1.64. The molecular formula is C12H13ClN4O2. The first-order chi connectivity index (χ1) is 9.10. The minimum atomic E-state index is -0.277. The second-order valence-electron chi connectivity index (χ2n) is 3.92. The number of aryl methyl sites for hydroxylation is 2. The lowest BCUT2D eigenvalue weighted by Gasteiger charge is -1.99. The molecule has 0 spiro atoms. The molecule has 0 fully saturated rings. The smallest absolute Gasteiger partial charge is 0.305 e. The summed E-state index contributed by atoms with van der Waals surface area (Å²) in [4.78, 5) is 19.4. The van der Waals surface area contributed by atoms with E-state index in [0.717, 1.165) is 5.56 Å². The lowest BCUT2D eigenvalue weighted by atomic mass is 10.2. The van der Waals surface area contributed by atoms with Crippen LogP contribution < -0.4 is 0 Å². The average Bonchev–Trinajstić information content (AvgIpc) is 2.77. The Labute approximate surface area is 115 Å². The van der Waals surface area contributed by atoms with Crippen molar-refractivity contribution >= 4 is 17.6 Å². The molecule has 19 heavy (non-hydrogen) atoms. The standard InChI is InChI=1S/C12H13ClN4O2/c1-17-12(8-5-6-14-9(13)7-8)15-10(16-17)3-4-11(18)19-2/h5-7H,3-4H2,1-2H3. The fourth-order valence-electron chi connectivity index (χ4n) is 1.65. The Morgan fingerprint density at radius 3 is 3.00 bits per heavy atom. The number of halogens is 1.